The van der Waals surface area contributed by atoms with Crippen LogP contribution in [0.3, 0.4) is 0 Å². The number of amides is 1. The number of carbonyl (C=O) groups excluding carboxylic acids is 1. The Morgan fingerprint density at radius 3 is 2.89 bits per heavy atom. The van der Waals surface area contributed by atoms with Crippen molar-refractivity contribution in [3.63, 3.8) is 0 Å². The second-order valence-corrected chi connectivity index (χ2v) is 6.83. The molecule has 0 aromatic carbocycles. The zero-order valence-electron chi connectivity index (χ0n) is 11.3. The van der Waals surface area contributed by atoms with E-state index in [9.17, 15) is 4.79 Å². The maximum atomic E-state index is 12.0. The molecular formula is C14H17N3OS. The Bertz CT molecular complexity index is 607. The maximum absolute atomic E-state index is 12.0. The van der Waals surface area contributed by atoms with E-state index < -0.39 is 0 Å². The lowest BCUT2D eigenvalue weighted by Crippen LogP contribution is -2.30. The van der Waals surface area contributed by atoms with Gasteiger partial charge in [0, 0.05) is 22.8 Å². The first-order valence-electron chi connectivity index (χ1n) is 6.38. The molecule has 1 amide bonds. The number of fused-ring (bicyclic) bond motifs is 1. The summed E-state index contributed by atoms with van der Waals surface area (Å²) in [5.74, 6) is 1.05. The normalized spacial score (nSPS) is 19.1. The third kappa shape index (κ3) is 2.08. The lowest BCUT2D eigenvalue weighted by molar-refractivity contribution is -0.116. The van der Waals surface area contributed by atoms with Gasteiger partial charge < -0.3 is 5.32 Å². The van der Waals surface area contributed by atoms with Gasteiger partial charge in [0.2, 0.25) is 5.91 Å². The molecule has 3 heterocycles. The predicted molar refractivity (Wildman–Crippen MR) is 76.6 cm³/mol. The van der Waals surface area contributed by atoms with E-state index in [0.717, 1.165) is 11.4 Å². The van der Waals surface area contributed by atoms with Gasteiger partial charge in [-0.2, -0.15) is 5.10 Å². The van der Waals surface area contributed by atoms with Crippen LogP contribution in [0.15, 0.2) is 23.7 Å². The van der Waals surface area contributed by atoms with Crippen LogP contribution >= 0.6 is 11.3 Å². The Morgan fingerprint density at radius 1 is 1.47 bits per heavy atom. The molecule has 0 radical (unpaired) electrons. The highest BCUT2D eigenvalue weighted by Crippen LogP contribution is 2.40. The molecule has 1 aliphatic rings. The molecule has 5 heteroatoms. The van der Waals surface area contributed by atoms with Crippen LogP contribution in [0.2, 0.25) is 0 Å². The quantitative estimate of drug-likeness (QED) is 0.869. The summed E-state index contributed by atoms with van der Waals surface area (Å²) < 4.78 is 1.90. The first kappa shape index (κ1) is 12.4. The highest BCUT2D eigenvalue weighted by Gasteiger charge is 2.32. The molecule has 0 fully saturated rings. The van der Waals surface area contributed by atoms with Gasteiger partial charge in [0.1, 0.15) is 5.82 Å². The maximum Gasteiger partial charge on any atom is 0.226 e. The van der Waals surface area contributed by atoms with Crippen LogP contribution in [-0.4, -0.2) is 15.7 Å². The standard InChI is InChI=1S/C14H17N3OS/c1-14(2,3)17-13-10(8-15-17)9(7-12(18)16-13)11-5-4-6-19-11/h4-6,8-9H,7H2,1-3H3,(H,16,18). The number of nitrogens with zero attached hydrogens (tertiary/aromatic N) is 2. The molecule has 4 nitrogen and oxygen atoms in total. The molecule has 1 unspecified atom stereocenters. The van der Waals surface area contributed by atoms with E-state index in [4.69, 9.17) is 0 Å². The van der Waals surface area contributed by atoms with Gasteiger partial charge in [-0.3, -0.25) is 4.79 Å². The molecule has 100 valence electrons. The van der Waals surface area contributed by atoms with Crippen LogP contribution in [0.1, 0.15) is 43.6 Å². The lowest BCUT2D eigenvalue weighted by Gasteiger charge is -2.27. The summed E-state index contributed by atoms with van der Waals surface area (Å²) in [6, 6.07) is 4.12. The Labute approximate surface area is 116 Å². The first-order chi connectivity index (χ1) is 8.97. The molecule has 19 heavy (non-hydrogen) atoms. The summed E-state index contributed by atoms with van der Waals surface area (Å²) >= 11 is 1.69. The van der Waals surface area contributed by atoms with Crippen LogP contribution in [0.4, 0.5) is 5.82 Å². The topological polar surface area (TPSA) is 46.9 Å². The fourth-order valence-electron chi connectivity index (χ4n) is 2.47. The van der Waals surface area contributed by atoms with Gasteiger partial charge in [-0.1, -0.05) is 6.07 Å². The van der Waals surface area contributed by atoms with Crippen LogP contribution < -0.4 is 5.32 Å². The summed E-state index contributed by atoms with van der Waals surface area (Å²) in [7, 11) is 0. The molecule has 0 saturated carbocycles. The number of thiophene rings is 1. The van der Waals surface area contributed by atoms with Crippen molar-refractivity contribution in [2.45, 2.75) is 38.6 Å². The Morgan fingerprint density at radius 2 is 2.26 bits per heavy atom. The van der Waals surface area contributed by atoms with Gasteiger partial charge in [-0.25, -0.2) is 4.68 Å². The third-order valence-electron chi connectivity index (χ3n) is 3.34. The van der Waals surface area contributed by atoms with Crippen molar-refractivity contribution in [2.24, 2.45) is 0 Å². The van der Waals surface area contributed by atoms with Crippen molar-refractivity contribution < 1.29 is 4.79 Å². The smallest absolute Gasteiger partial charge is 0.226 e. The number of anilines is 1. The number of hydrogen-bond acceptors (Lipinski definition) is 3. The van der Waals surface area contributed by atoms with E-state index in [1.54, 1.807) is 11.3 Å². The molecule has 2 aromatic heterocycles. The molecular weight excluding hydrogens is 258 g/mol. The molecule has 3 rings (SSSR count). The van der Waals surface area contributed by atoms with Crippen LogP contribution in [0, 0.1) is 0 Å². The van der Waals surface area contributed by atoms with Crippen molar-refractivity contribution in [3.05, 3.63) is 34.2 Å². The molecule has 1 atom stereocenters. The zero-order valence-corrected chi connectivity index (χ0v) is 12.1. The molecule has 0 bridgehead atoms. The summed E-state index contributed by atoms with van der Waals surface area (Å²) in [5.41, 5.74) is 0.982. The van der Waals surface area contributed by atoms with Crippen molar-refractivity contribution in [1.82, 2.24) is 9.78 Å². The van der Waals surface area contributed by atoms with Gasteiger partial charge in [-0.15, -0.1) is 11.3 Å². The minimum atomic E-state index is -0.141. The lowest BCUT2D eigenvalue weighted by atomic mass is 9.92. The fourth-order valence-corrected chi connectivity index (χ4v) is 3.32. The molecule has 0 saturated heterocycles. The first-order valence-corrected chi connectivity index (χ1v) is 7.26. The molecule has 2 aromatic rings. The van der Waals surface area contributed by atoms with Gasteiger partial charge in [-0.05, 0) is 32.2 Å². The van der Waals surface area contributed by atoms with E-state index in [1.807, 2.05) is 16.9 Å². The van der Waals surface area contributed by atoms with E-state index in [0.29, 0.717) is 6.42 Å². The van der Waals surface area contributed by atoms with Gasteiger partial charge >= 0.3 is 0 Å². The Balaban J connectivity index is 2.11. The van der Waals surface area contributed by atoms with Crippen LogP contribution in [0.5, 0.6) is 0 Å². The Hall–Kier alpha value is -1.62. The summed E-state index contributed by atoms with van der Waals surface area (Å²) in [5, 5.41) is 9.49. The minimum Gasteiger partial charge on any atom is -0.311 e. The monoisotopic (exact) mass is 275 g/mol. The Kier molecular flexibility index (Phi) is 2.74. The number of hydrogen-bond donors (Lipinski definition) is 1. The van der Waals surface area contributed by atoms with Crippen molar-refractivity contribution >= 4 is 23.1 Å². The fraction of sp³-hybridized carbons (Fsp3) is 0.429. The van der Waals surface area contributed by atoms with Gasteiger partial charge in [0.05, 0.1) is 11.7 Å². The average molecular weight is 275 g/mol. The van der Waals surface area contributed by atoms with Crippen molar-refractivity contribution in [2.75, 3.05) is 5.32 Å². The predicted octanol–water partition coefficient (Wildman–Crippen LogP) is 3.17. The number of nitrogens with one attached hydrogen (secondary N) is 1. The SMILES string of the molecule is CC(C)(C)n1ncc2c1NC(=O)CC2c1cccs1. The summed E-state index contributed by atoms with van der Waals surface area (Å²) in [6.45, 7) is 6.25. The number of aromatic nitrogens is 2. The highest BCUT2D eigenvalue weighted by atomic mass is 32.1. The van der Waals surface area contributed by atoms with Gasteiger partial charge in [0.25, 0.3) is 0 Å². The molecule has 0 aliphatic carbocycles. The highest BCUT2D eigenvalue weighted by molar-refractivity contribution is 7.10. The third-order valence-corrected chi connectivity index (χ3v) is 4.33. The molecule has 1 aliphatic heterocycles. The van der Waals surface area contributed by atoms with Crippen LogP contribution in [-0.2, 0) is 10.3 Å². The minimum absolute atomic E-state index is 0.0666. The zero-order chi connectivity index (χ0) is 13.6. The van der Waals surface area contributed by atoms with Crippen molar-refractivity contribution in [3.8, 4) is 0 Å². The average Bonchev–Trinajstić information content (AvgIpc) is 2.95. The second-order valence-electron chi connectivity index (χ2n) is 5.85. The van der Waals surface area contributed by atoms with Gasteiger partial charge in [0.15, 0.2) is 0 Å². The second kappa shape index (κ2) is 4.20. The summed E-state index contributed by atoms with van der Waals surface area (Å²) in [4.78, 5) is 13.2. The van der Waals surface area contributed by atoms with E-state index in [1.165, 1.54) is 4.88 Å². The number of rotatable bonds is 1. The van der Waals surface area contributed by atoms with E-state index >= 15 is 0 Å². The number of carbonyl (C=O) groups is 1. The van der Waals surface area contributed by atoms with Crippen molar-refractivity contribution in [1.29, 1.82) is 0 Å². The summed E-state index contributed by atoms with van der Waals surface area (Å²) in [6.07, 6.45) is 2.40. The largest absolute Gasteiger partial charge is 0.311 e. The molecule has 0 spiro atoms. The van der Waals surface area contributed by atoms with E-state index in [-0.39, 0.29) is 17.4 Å². The van der Waals surface area contributed by atoms with Crippen LogP contribution in [0.25, 0.3) is 0 Å². The molecule has 1 N–H and O–H groups in total. The van der Waals surface area contributed by atoms with E-state index in [2.05, 4.69) is 42.6 Å².